The fourth-order valence-electron chi connectivity index (χ4n) is 3.51. The van der Waals surface area contributed by atoms with E-state index < -0.39 is 0 Å². The normalized spacial score (nSPS) is 25.6. The van der Waals surface area contributed by atoms with Crippen molar-refractivity contribution in [2.75, 3.05) is 18.0 Å². The van der Waals surface area contributed by atoms with Crippen molar-refractivity contribution in [3.8, 4) is 0 Å². The van der Waals surface area contributed by atoms with Gasteiger partial charge < -0.3 is 10.0 Å². The third-order valence-electron chi connectivity index (χ3n) is 4.49. The highest BCUT2D eigenvalue weighted by molar-refractivity contribution is 5.65. The first-order valence-corrected chi connectivity index (χ1v) is 6.82. The van der Waals surface area contributed by atoms with Crippen LogP contribution in [0.2, 0.25) is 0 Å². The summed E-state index contributed by atoms with van der Waals surface area (Å²) >= 11 is 0. The van der Waals surface area contributed by atoms with E-state index in [4.69, 9.17) is 5.11 Å². The zero-order chi connectivity index (χ0) is 13.4. The molecule has 0 amide bonds. The first kappa shape index (κ1) is 12.4. The zero-order valence-electron chi connectivity index (χ0n) is 10.8. The first-order chi connectivity index (χ1) is 9.19. The van der Waals surface area contributed by atoms with Crippen LogP contribution in [0, 0.1) is 22.0 Å². The summed E-state index contributed by atoms with van der Waals surface area (Å²) in [7, 11) is 0. The second-order valence-corrected chi connectivity index (χ2v) is 5.59. The summed E-state index contributed by atoms with van der Waals surface area (Å²) in [5.41, 5.74) is 1.41. The van der Waals surface area contributed by atoms with Crippen molar-refractivity contribution in [3.05, 3.63) is 33.9 Å². The first-order valence-electron chi connectivity index (χ1n) is 6.82. The van der Waals surface area contributed by atoms with Gasteiger partial charge in [-0.05, 0) is 36.3 Å². The van der Waals surface area contributed by atoms with Crippen LogP contribution in [0.25, 0.3) is 0 Å². The van der Waals surface area contributed by atoms with Gasteiger partial charge in [0.15, 0.2) is 0 Å². The fraction of sp³-hybridized carbons (Fsp3) is 0.571. The molecule has 0 spiro atoms. The van der Waals surface area contributed by atoms with E-state index in [2.05, 4.69) is 4.90 Å². The number of rotatable bonds is 3. The van der Waals surface area contributed by atoms with E-state index in [9.17, 15) is 10.1 Å². The summed E-state index contributed by atoms with van der Waals surface area (Å²) < 4.78 is 0. The largest absolute Gasteiger partial charge is 0.392 e. The lowest BCUT2D eigenvalue weighted by atomic mass is 10.0. The summed E-state index contributed by atoms with van der Waals surface area (Å²) in [5.74, 6) is 1.41. The second-order valence-electron chi connectivity index (χ2n) is 5.59. The lowest BCUT2D eigenvalue weighted by molar-refractivity contribution is -0.384. The minimum Gasteiger partial charge on any atom is -0.392 e. The highest BCUT2D eigenvalue weighted by Crippen LogP contribution is 2.41. The third-order valence-corrected chi connectivity index (χ3v) is 4.49. The minimum absolute atomic E-state index is 0.117. The third kappa shape index (κ3) is 2.18. The number of nitrogens with zero attached hydrogens (tertiary/aromatic N) is 2. The van der Waals surface area contributed by atoms with Gasteiger partial charge >= 0.3 is 0 Å². The molecule has 1 aromatic carbocycles. The van der Waals surface area contributed by atoms with Crippen molar-refractivity contribution in [1.82, 2.24) is 0 Å². The predicted octanol–water partition coefficient (Wildman–Crippen LogP) is 2.32. The van der Waals surface area contributed by atoms with Crippen LogP contribution >= 0.6 is 0 Å². The number of benzene rings is 1. The van der Waals surface area contributed by atoms with E-state index in [1.54, 1.807) is 12.1 Å². The van der Waals surface area contributed by atoms with Crippen molar-refractivity contribution >= 4 is 11.4 Å². The van der Waals surface area contributed by atoms with Crippen LogP contribution in [0.3, 0.4) is 0 Å². The smallest absolute Gasteiger partial charge is 0.292 e. The van der Waals surface area contributed by atoms with Gasteiger partial charge in [0, 0.05) is 19.2 Å². The van der Waals surface area contributed by atoms with Gasteiger partial charge in [0.2, 0.25) is 0 Å². The van der Waals surface area contributed by atoms with E-state index in [1.807, 2.05) is 0 Å². The highest BCUT2D eigenvalue weighted by atomic mass is 16.6. The van der Waals surface area contributed by atoms with Crippen molar-refractivity contribution in [2.24, 2.45) is 11.8 Å². The molecule has 1 heterocycles. The number of aliphatic hydroxyl groups is 1. The summed E-state index contributed by atoms with van der Waals surface area (Å²) in [6.45, 7) is 1.71. The van der Waals surface area contributed by atoms with Gasteiger partial charge in [0.25, 0.3) is 5.69 Å². The number of hydrogen-bond acceptors (Lipinski definition) is 4. The van der Waals surface area contributed by atoms with Crippen LogP contribution < -0.4 is 4.90 Å². The molecule has 2 aliphatic rings. The van der Waals surface area contributed by atoms with Gasteiger partial charge in [-0.15, -0.1) is 0 Å². The van der Waals surface area contributed by atoms with E-state index in [-0.39, 0.29) is 17.2 Å². The van der Waals surface area contributed by atoms with Crippen LogP contribution in [-0.2, 0) is 6.61 Å². The molecule has 1 saturated heterocycles. The molecule has 1 aromatic rings. The molecule has 3 rings (SSSR count). The van der Waals surface area contributed by atoms with E-state index in [0.717, 1.165) is 13.1 Å². The van der Waals surface area contributed by atoms with Crippen LogP contribution in [0.4, 0.5) is 11.4 Å². The van der Waals surface area contributed by atoms with Crippen molar-refractivity contribution in [3.63, 3.8) is 0 Å². The van der Waals surface area contributed by atoms with Crippen molar-refractivity contribution in [1.29, 1.82) is 0 Å². The highest BCUT2D eigenvalue weighted by Gasteiger charge is 2.37. The predicted molar refractivity (Wildman–Crippen MR) is 72.1 cm³/mol. The molecule has 102 valence electrons. The minimum atomic E-state index is -0.345. The summed E-state index contributed by atoms with van der Waals surface area (Å²) in [6, 6.07) is 5.05. The molecule has 1 N–H and O–H groups in total. The Morgan fingerprint density at radius 1 is 1.32 bits per heavy atom. The van der Waals surface area contributed by atoms with Gasteiger partial charge in [0.1, 0.15) is 5.69 Å². The Balaban J connectivity index is 1.90. The van der Waals surface area contributed by atoms with Gasteiger partial charge in [-0.1, -0.05) is 12.5 Å². The Bertz CT molecular complexity index is 491. The standard InChI is InChI=1S/C14H18N2O3/c17-9-10-4-5-13(14(6-10)16(18)19)15-7-11-2-1-3-12(11)8-15/h4-6,11-12,17H,1-3,7-9H2. The van der Waals surface area contributed by atoms with Crippen LogP contribution in [0.5, 0.6) is 0 Å². The Morgan fingerprint density at radius 3 is 2.58 bits per heavy atom. The molecule has 0 bridgehead atoms. The van der Waals surface area contributed by atoms with Gasteiger partial charge in [-0.3, -0.25) is 10.1 Å². The molecule has 2 atom stereocenters. The SMILES string of the molecule is O=[N+]([O-])c1cc(CO)ccc1N1CC2CCCC2C1. The molecule has 5 nitrogen and oxygen atoms in total. The maximum absolute atomic E-state index is 11.2. The number of aliphatic hydroxyl groups excluding tert-OH is 1. The van der Waals surface area contributed by atoms with E-state index >= 15 is 0 Å². The molecule has 1 aliphatic heterocycles. The lowest BCUT2D eigenvalue weighted by Gasteiger charge is -2.19. The van der Waals surface area contributed by atoms with Gasteiger partial charge in [-0.2, -0.15) is 0 Å². The fourth-order valence-corrected chi connectivity index (χ4v) is 3.51. The van der Waals surface area contributed by atoms with E-state index in [1.165, 1.54) is 25.3 Å². The lowest BCUT2D eigenvalue weighted by Crippen LogP contribution is -2.21. The number of nitro benzene ring substituents is 1. The quantitative estimate of drug-likeness (QED) is 0.670. The number of nitro groups is 1. The van der Waals surface area contributed by atoms with Crippen molar-refractivity contribution < 1.29 is 10.0 Å². The van der Waals surface area contributed by atoms with Crippen LogP contribution in [0.1, 0.15) is 24.8 Å². The molecular formula is C14H18N2O3. The van der Waals surface area contributed by atoms with Crippen LogP contribution in [0.15, 0.2) is 18.2 Å². The average Bonchev–Trinajstić information content (AvgIpc) is 2.98. The molecule has 2 fully saturated rings. The van der Waals surface area contributed by atoms with Gasteiger partial charge in [-0.25, -0.2) is 0 Å². The average molecular weight is 262 g/mol. The monoisotopic (exact) mass is 262 g/mol. The molecule has 5 heteroatoms. The number of hydrogen-bond donors (Lipinski definition) is 1. The Morgan fingerprint density at radius 2 is 2.00 bits per heavy atom. The molecule has 0 radical (unpaired) electrons. The molecule has 2 unspecified atom stereocenters. The summed E-state index contributed by atoms with van der Waals surface area (Å²) in [6.07, 6.45) is 3.81. The molecular weight excluding hydrogens is 244 g/mol. The Kier molecular flexibility index (Phi) is 3.14. The maximum atomic E-state index is 11.2. The van der Waals surface area contributed by atoms with Gasteiger partial charge in [0.05, 0.1) is 11.5 Å². The molecule has 1 aliphatic carbocycles. The molecule has 1 saturated carbocycles. The molecule has 0 aromatic heterocycles. The number of anilines is 1. The topological polar surface area (TPSA) is 66.6 Å². The van der Waals surface area contributed by atoms with Crippen LogP contribution in [-0.4, -0.2) is 23.1 Å². The van der Waals surface area contributed by atoms with Crippen molar-refractivity contribution in [2.45, 2.75) is 25.9 Å². The summed E-state index contributed by atoms with van der Waals surface area (Å²) in [5, 5.41) is 20.3. The zero-order valence-corrected chi connectivity index (χ0v) is 10.8. The van der Waals surface area contributed by atoms with E-state index in [0.29, 0.717) is 23.1 Å². The Labute approximate surface area is 112 Å². The Hall–Kier alpha value is -1.62. The summed E-state index contributed by atoms with van der Waals surface area (Å²) in [4.78, 5) is 13.0. The number of fused-ring (bicyclic) bond motifs is 1. The maximum Gasteiger partial charge on any atom is 0.292 e. The second kappa shape index (κ2) is 4.81. The molecule has 19 heavy (non-hydrogen) atoms.